The predicted molar refractivity (Wildman–Crippen MR) is 88.3 cm³/mol. The van der Waals surface area contributed by atoms with Gasteiger partial charge < -0.3 is 10.1 Å². The molecule has 1 aliphatic carbocycles. The number of hydrogen-bond donors (Lipinski definition) is 1. The van der Waals surface area contributed by atoms with Crippen molar-refractivity contribution < 1.29 is 8.95 Å². The quantitative estimate of drug-likeness (QED) is 0.800. The molecule has 2 atom stereocenters. The highest BCUT2D eigenvalue weighted by molar-refractivity contribution is 7.85. The van der Waals surface area contributed by atoms with Crippen LogP contribution in [0.5, 0.6) is 5.75 Å². The standard InChI is InChI=1S/C17H27NO2S/c1-3-12-18-17(14-6-4-5-7-14)13-21(19)16-10-8-15(20-2)9-11-16/h8-11,14,17-18H,3-7,12-13H2,1-2H3. The van der Waals surface area contributed by atoms with E-state index in [-0.39, 0.29) is 0 Å². The van der Waals surface area contributed by atoms with Crippen LogP contribution in [0.2, 0.25) is 0 Å². The van der Waals surface area contributed by atoms with Crippen molar-refractivity contribution in [2.75, 3.05) is 19.4 Å². The lowest BCUT2D eigenvalue weighted by molar-refractivity contribution is 0.385. The second kappa shape index (κ2) is 8.54. The molecule has 0 heterocycles. The Hall–Kier alpha value is -0.870. The van der Waals surface area contributed by atoms with E-state index >= 15 is 0 Å². The van der Waals surface area contributed by atoms with Crippen LogP contribution in [0.1, 0.15) is 39.0 Å². The van der Waals surface area contributed by atoms with Crippen LogP contribution < -0.4 is 10.1 Å². The monoisotopic (exact) mass is 309 g/mol. The molecular formula is C17H27NO2S. The van der Waals surface area contributed by atoms with E-state index in [2.05, 4.69) is 12.2 Å². The summed E-state index contributed by atoms with van der Waals surface area (Å²) in [5.41, 5.74) is 0. The summed E-state index contributed by atoms with van der Waals surface area (Å²) >= 11 is 0. The Morgan fingerprint density at radius 3 is 2.52 bits per heavy atom. The lowest BCUT2D eigenvalue weighted by Gasteiger charge is -2.24. The summed E-state index contributed by atoms with van der Waals surface area (Å²) in [7, 11) is 0.708. The van der Waals surface area contributed by atoms with Gasteiger partial charge in [0.2, 0.25) is 0 Å². The number of ether oxygens (including phenoxy) is 1. The molecule has 0 saturated heterocycles. The van der Waals surface area contributed by atoms with Gasteiger partial charge in [-0.1, -0.05) is 19.8 Å². The molecule has 1 aromatic carbocycles. The maximum absolute atomic E-state index is 12.6. The first-order valence-corrected chi connectivity index (χ1v) is 9.32. The normalized spacial score (nSPS) is 18.6. The molecule has 0 aromatic heterocycles. The van der Waals surface area contributed by atoms with Crippen molar-refractivity contribution in [3.05, 3.63) is 24.3 Å². The van der Waals surface area contributed by atoms with Crippen molar-refractivity contribution in [3.8, 4) is 5.75 Å². The number of nitrogens with one attached hydrogen (secondary N) is 1. The van der Waals surface area contributed by atoms with Crippen LogP contribution in [0.15, 0.2) is 29.2 Å². The van der Waals surface area contributed by atoms with Gasteiger partial charge in [0.25, 0.3) is 0 Å². The van der Waals surface area contributed by atoms with Gasteiger partial charge in [-0.25, -0.2) is 0 Å². The molecule has 1 aliphatic rings. The van der Waals surface area contributed by atoms with Crippen molar-refractivity contribution in [1.29, 1.82) is 0 Å². The molecule has 0 aliphatic heterocycles. The number of methoxy groups -OCH3 is 1. The van der Waals surface area contributed by atoms with Crippen LogP contribution in [0.3, 0.4) is 0 Å². The summed E-state index contributed by atoms with van der Waals surface area (Å²) in [4.78, 5) is 0.900. The molecule has 3 nitrogen and oxygen atoms in total. The van der Waals surface area contributed by atoms with Crippen molar-refractivity contribution in [1.82, 2.24) is 5.32 Å². The summed E-state index contributed by atoms with van der Waals surface area (Å²) in [6, 6.07) is 7.99. The van der Waals surface area contributed by atoms with E-state index in [1.807, 2.05) is 24.3 Å². The minimum atomic E-state index is -0.941. The van der Waals surface area contributed by atoms with E-state index in [0.29, 0.717) is 12.0 Å². The molecule has 1 aromatic rings. The molecule has 0 amide bonds. The Labute approximate surface area is 130 Å². The van der Waals surface area contributed by atoms with Crippen LogP contribution in [0.25, 0.3) is 0 Å². The molecule has 0 radical (unpaired) electrons. The zero-order valence-electron chi connectivity index (χ0n) is 13.1. The van der Waals surface area contributed by atoms with Crippen molar-refractivity contribution in [2.45, 2.75) is 50.0 Å². The fourth-order valence-electron chi connectivity index (χ4n) is 3.04. The van der Waals surface area contributed by atoms with E-state index < -0.39 is 10.8 Å². The van der Waals surface area contributed by atoms with E-state index in [4.69, 9.17) is 4.74 Å². The SMILES string of the molecule is CCCNC(CS(=O)c1ccc(OC)cc1)C1CCCC1. The smallest absolute Gasteiger partial charge is 0.118 e. The van der Waals surface area contributed by atoms with Gasteiger partial charge in [0.05, 0.1) is 17.9 Å². The molecule has 1 N–H and O–H groups in total. The summed E-state index contributed by atoms with van der Waals surface area (Å²) in [5.74, 6) is 2.22. The van der Waals surface area contributed by atoms with Gasteiger partial charge in [0.1, 0.15) is 5.75 Å². The first-order chi connectivity index (χ1) is 10.2. The molecule has 4 heteroatoms. The number of hydrogen-bond acceptors (Lipinski definition) is 3. The molecule has 118 valence electrons. The summed E-state index contributed by atoms with van der Waals surface area (Å²) in [5, 5.41) is 3.62. The van der Waals surface area contributed by atoms with Crippen molar-refractivity contribution in [2.24, 2.45) is 5.92 Å². The van der Waals surface area contributed by atoms with Crippen molar-refractivity contribution in [3.63, 3.8) is 0 Å². The van der Waals surface area contributed by atoms with Gasteiger partial charge in [-0.3, -0.25) is 4.21 Å². The average Bonchev–Trinajstić information content (AvgIpc) is 3.05. The zero-order valence-corrected chi connectivity index (χ0v) is 14.0. The molecule has 0 bridgehead atoms. The van der Waals surface area contributed by atoms with E-state index in [1.54, 1.807) is 7.11 Å². The highest BCUT2D eigenvalue weighted by Crippen LogP contribution is 2.29. The van der Waals surface area contributed by atoms with E-state index in [0.717, 1.165) is 29.4 Å². The van der Waals surface area contributed by atoms with Crippen LogP contribution in [-0.2, 0) is 10.8 Å². The Kier molecular flexibility index (Phi) is 6.71. The molecule has 0 spiro atoms. The zero-order chi connectivity index (χ0) is 15.1. The topological polar surface area (TPSA) is 38.3 Å². The van der Waals surface area contributed by atoms with Crippen LogP contribution in [0.4, 0.5) is 0 Å². The second-order valence-electron chi connectivity index (χ2n) is 5.79. The van der Waals surface area contributed by atoms with Crippen LogP contribution >= 0.6 is 0 Å². The van der Waals surface area contributed by atoms with Gasteiger partial charge >= 0.3 is 0 Å². The third kappa shape index (κ3) is 4.82. The second-order valence-corrected chi connectivity index (χ2v) is 7.29. The number of benzene rings is 1. The third-order valence-corrected chi connectivity index (χ3v) is 5.74. The van der Waals surface area contributed by atoms with Gasteiger partial charge in [-0.15, -0.1) is 0 Å². The maximum Gasteiger partial charge on any atom is 0.118 e. The highest BCUT2D eigenvalue weighted by atomic mass is 32.2. The predicted octanol–water partition coefficient (Wildman–Crippen LogP) is 3.36. The molecule has 2 rings (SSSR count). The molecule has 21 heavy (non-hydrogen) atoms. The summed E-state index contributed by atoms with van der Waals surface area (Å²) < 4.78 is 17.8. The average molecular weight is 309 g/mol. The maximum atomic E-state index is 12.6. The summed E-state index contributed by atoms with van der Waals surface area (Å²) in [6.07, 6.45) is 6.33. The van der Waals surface area contributed by atoms with E-state index in [1.165, 1.54) is 25.7 Å². The lowest BCUT2D eigenvalue weighted by Crippen LogP contribution is -2.40. The Morgan fingerprint density at radius 1 is 1.29 bits per heavy atom. The molecule has 1 fully saturated rings. The number of rotatable bonds is 8. The third-order valence-electron chi connectivity index (χ3n) is 4.28. The van der Waals surface area contributed by atoms with Crippen molar-refractivity contribution >= 4 is 10.8 Å². The lowest BCUT2D eigenvalue weighted by atomic mass is 10.00. The fraction of sp³-hybridized carbons (Fsp3) is 0.647. The molecular weight excluding hydrogens is 282 g/mol. The van der Waals surface area contributed by atoms with Gasteiger partial charge in [0.15, 0.2) is 0 Å². The van der Waals surface area contributed by atoms with Crippen LogP contribution in [0, 0.1) is 5.92 Å². The Balaban J connectivity index is 1.98. The van der Waals surface area contributed by atoms with E-state index in [9.17, 15) is 4.21 Å². The highest BCUT2D eigenvalue weighted by Gasteiger charge is 2.26. The van der Waals surface area contributed by atoms with Gasteiger partial charge in [-0.05, 0) is 56.0 Å². The first kappa shape index (κ1) is 16.5. The Bertz CT molecular complexity index is 441. The first-order valence-electron chi connectivity index (χ1n) is 8.00. The molecule has 1 saturated carbocycles. The largest absolute Gasteiger partial charge is 0.497 e. The van der Waals surface area contributed by atoms with Gasteiger partial charge in [0, 0.05) is 16.7 Å². The Morgan fingerprint density at radius 2 is 1.95 bits per heavy atom. The van der Waals surface area contributed by atoms with Gasteiger partial charge in [-0.2, -0.15) is 0 Å². The minimum Gasteiger partial charge on any atom is -0.497 e. The minimum absolute atomic E-state index is 0.385. The fourth-order valence-corrected chi connectivity index (χ4v) is 4.39. The molecule has 2 unspecified atom stereocenters. The summed E-state index contributed by atoms with van der Waals surface area (Å²) in [6.45, 7) is 3.19. The van der Waals surface area contributed by atoms with Crippen LogP contribution in [-0.4, -0.2) is 29.7 Å².